The van der Waals surface area contributed by atoms with Crippen LogP contribution in [0.1, 0.15) is 0 Å². The topological polar surface area (TPSA) is 116 Å². The van der Waals surface area contributed by atoms with Gasteiger partial charge in [0.15, 0.2) is 0 Å². The van der Waals surface area contributed by atoms with E-state index in [1.165, 1.54) is 0 Å². The second-order valence-corrected chi connectivity index (χ2v) is 4.35. The number of ether oxygens (including phenoxy) is 1. The van der Waals surface area contributed by atoms with Crippen molar-refractivity contribution in [1.82, 2.24) is 15.0 Å². The number of rotatable bonds is 6. The molecule has 1 atom stereocenters. The summed E-state index contributed by atoms with van der Waals surface area (Å²) in [6, 6.07) is 0. The number of hydrogen-bond donors (Lipinski definition) is 4. The molecule has 0 saturated carbocycles. The van der Waals surface area contributed by atoms with E-state index in [-0.39, 0.29) is 13.2 Å². The zero-order valence-corrected chi connectivity index (χ0v) is 11.4. The summed E-state index contributed by atoms with van der Waals surface area (Å²) in [5.74, 6) is 1.37. The van der Waals surface area contributed by atoms with Crippen LogP contribution in [0.15, 0.2) is 0 Å². The predicted molar refractivity (Wildman–Crippen MR) is 74.0 cm³/mol. The second kappa shape index (κ2) is 7.17. The van der Waals surface area contributed by atoms with Gasteiger partial charge in [0.25, 0.3) is 0 Å². The highest BCUT2D eigenvalue weighted by Gasteiger charge is 2.16. The Hall–Kier alpha value is -1.71. The van der Waals surface area contributed by atoms with Crippen molar-refractivity contribution in [3.8, 4) is 0 Å². The first-order chi connectivity index (χ1) is 9.72. The SMILES string of the molecule is CNc1nc(NCC(O)CO)nc(N2CCOCC2)n1. The van der Waals surface area contributed by atoms with Crippen molar-refractivity contribution >= 4 is 17.8 Å². The molecule has 9 heteroatoms. The number of nitrogens with one attached hydrogen (secondary N) is 2. The molecule has 0 radical (unpaired) electrons. The molecule has 1 aliphatic heterocycles. The maximum Gasteiger partial charge on any atom is 0.232 e. The second-order valence-electron chi connectivity index (χ2n) is 4.35. The number of aromatic nitrogens is 3. The maximum atomic E-state index is 9.34. The molecular formula is C11H20N6O3. The van der Waals surface area contributed by atoms with Gasteiger partial charge in [-0.05, 0) is 0 Å². The lowest BCUT2D eigenvalue weighted by Gasteiger charge is -2.27. The highest BCUT2D eigenvalue weighted by Crippen LogP contribution is 2.14. The Morgan fingerprint density at radius 2 is 1.95 bits per heavy atom. The predicted octanol–water partition coefficient (Wildman–Crippen LogP) is -1.48. The quantitative estimate of drug-likeness (QED) is 0.496. The highest BCUT2D eigenvalue weighted by molar-refractivity contribution is 5.43. The summed E-state index contributed by atoms with van der Waals surface area (Å²) in [4.78, 5) is 14.8. The van der Waals surface area contributed by atoms with E-state index in [1.807, 2.05) is 4.90 Å². The molecule has 2 rings (SSSR count). The van der Waals surface area contributed by atoms with Gasteiger partial charge in [-0.3, -0.25) is 0 Å². The van der Waals surface area contributed by atoms with Crippen LogP contribution in [-0.2, 0) is 4.74 Å². The molecule has 4 N–H and O–H groups in total. The van der Waals surface area contributed by atoms with E-state index in [2.05, 4.69) is 25.6 Å². The van der Waals surface area contributed by atoms with E-state index in [4.69, 9.17) is 9.84 Å². The van der Waals surface area contributed by atoms with Gasteiger partial charge in [0.1, 0.15) is 0 Å². The van der Waals surface area contributed by atoms with Crippen LogP contribution >= 0.6 is 0 Å². The third-order valence-electron chi connectivity index (χ3n) is 2.85. The molecular weight excluding hydrogens is 264 g/mol. The summed E-state index contributed by atoms with van der Waals surface area (Å²) in [6.07, 6.45) is -0.850. The molecule has 0 bridgehead atoms. The van der Waals surface area contributed by atoms with Crippen LogP contribution in [0.4, 0.5) is 17.8 Å². The van der Waals surface area contributed by atoms with Crippen LogP contribution in [0.3, 0.4) is 0 Å². The molecule has 0 spiro atoms. The van der Waals surface area contributed by atoms with Crippen molar-refractivity contribution in [3.05, 3.63) is 0 Å². The standard InChI is InChI=1S/C11H20N6O3/c1-12-9-14-10(13-6-8(19)7-18)16-11(15-9)17-2-4-20-5-3-17/h8,18-19H,2-7H2,1H3,(H2,12,13,14,15,16). The van der Waals surface area contributed by atoms with Gasteiger partial charge in [0, 0.05) is 26.7 Å². The fourth-order valence-corrected chi connectivity index (χ4v) is 1.73. The van der Waals surface area contributed by atoms with E-state index >= 15 is 0 Å². The molecule has 1 aromatic heterocycles. The monoisotopic (exact) mass is 284 g/mol. The van der Waals surface area contributed by atoms with E-state index in [0.29, 0.717) is 31.1 Å². The number of morpholine rings is 1. The van der Waals surface area contributed by atoms with Gasteiger partial charge in [0.05, 0.1) is 25.9 Å². The first-order valence-corrected chi connectivity index (χ1v) is 6.52. The molecule has 0 aliphatic carbocycles. The van der Waals surface area contributed by atoms with Crippen molar-refractivity contribution in [3.63, 3.8) is 0 Å². The van der Waals surface area contributed by atoms with Crippen molar-refractivity contribution in [2.75, 3.05) is 62.0 Å². The highest BCUT2D eigenvalue weighted by atomic mass is 16.5. The Morgan fingerprint density at radius 3 is 2.60 bits per heavy atom. The Morgan fingerprint density at radius 1 is 1.25 bits per heavy atom. The Labute approximate surface area is 117 Å². The molecule has 9 nitrogen and oxygen atoms in total. The maximum absolute atomic E-state index is 9.34. The lowest BCUT2D eigenvalue weighted by atomic mass is 10.4. The molecule has 112 valence electrons. The molecule has 1 aliphatic rings. The van der Waals surface area contributed by atoms with Crippen LogP contribution in [0, 0.1) is 0 Å². The summed E-state index contributed by atoms with van der Waals surface area (Å²) < 4.78 is 5.30. The van der Waals surface area contributed by atoms with Crippen molar-refractivity contribution in [2.45, 2.75) is 6.10 Å². The smallest absolute Gasteiger partial charge is 0.232 e. The Balaban J connectivity index is 2.10. The Bertz CT molecular complexity index is 427. The molecule has 2 heterocycles. The van der Waals surface area contributed by atoms with Crippen LogP contribution in [-0.4, -0.2) is 77.8 Å². The minimum absolute atomic E-state index is 0.173. The summed E-state index contributed by atoms with van der Waals surface area (Å²) in [6.45, 7) is 2.61. The molecule has 1 saturated heterocycles. The largest absolute Gasteiger partial charge is 0.394 e. The minimum Gasteiger partial charge on any atom is -0.394 e. The van der Waals surface area contributed by atoms with E-state index in [0.717, 1.165) is 13.1 Å². The molecule has 1 aromatic rings. The van der Waals surface area contributed by atoms with Gasteiger partial charge in [-0.15, -0.1) is 0 Å². The third kappa shape index (κ3) is 3.89. The van der Waals surface area contributed by atoms with Crippen LogP contribution in [0.5, 0.6) is 0 Å². The van der Waals surface area contributed by atoms with E-state index < -0.39 is 6.10 Å². The van der Waals surface area contributed by atoms with Gasteiger partial charge in [-0.2, -0.15) is 15.0 Å². The summed E-state index contributed by atoms with van der Waals surface area (Å²) in [5.41, 5.74) is 0. The van der Waals surface area contributed by atoms with Gasteiger partial charge in [-0.1, -0.05) is 0 Å². The van der Waals surface area contributed by atoms with Gasteiger partial charge < -0.3 is 30.5 Å². The van der Waals surface area contributed by atoms with Crippen LogP contribution in [0.25, 0.3) is 0 Å². The van der Waals surface area contributed by atoms with Crippen molar-refractivity contribution < 1.29 is 14.9 Å². The number of aliphatic hydroxyl groups is 2. The molecule has 0 aromatic carbocycles. The third-order valence-corrected chi connectivity index (χ3v) is 2.85. The zero-order chi connectivity index (χ0) is 14.4. The van der Waals surface area contributed by atoms with Crippen molar-refractivity contribution in [2.24, 2.45) is 0 Å². The number of aliphatic hydroxyl groups excluding tert-OH is 2. The molecule has 1 unspecified atom stereocenters. The van der Waals surface area contributed by atoms with E-state index in [1.54, 1.807) is 7.05 Å². The summed E-state index contributed by atoms with van der Waals surface area (Å²) >= 11 is 0. The van der Waals surface area contributed by atoms with Gasteiger partial charge >= 0.3 is 0 Å². The zero-order valence-electron chi connectivity index (χ0n) is 11.4. The lowest BCUT2D eigenvalue weighted by molar-refractivity contribution is 0.105. The minimum atomic E-state index is -0.850. The normalized spacial score (nSPS) is 16.9. The molecule has 0 amide bonds. The first kappa shape index (κ1) is 14.7. The molecule has 20 heavy (non-hydrogen) atoms. The van der Waals surface area contributed by atoms with Gasteiger partial charge in [0.2, 0.25) is 17.8 Å². The number of anilines is 3. The average Bonchev–Trinajstić information content (AvgIpc) is 2.53. The number of nitrogens with zero attached hydrogens (tertiary/aromatic N) is 4. The Kier molecular flexibility index (Phi) is 5.27. The van der Waals surface area contributed by atoms with Crippen LogP contribution < -0.4 is 15.5 Å². The summed E-state index contributed by atoms with van der Waals surface area (Å²) in [7, 11) is 1.73. The first-order valence-electron chi connectivity index (χ1n) is 6.52. The fourth-order valence-electron chi connectivity index (χ4n) is 1.73. The summed E-state index contributed by atoms with van der Waals surface area (Å²) in [5, 5.41) is 23.9. The molecule has 1 fully saturated rings. The fraction of sp³-hybridized carbons (Fsp3) is 0.727. The van der Waals surface area contributed by atoms with Gasteiger partial charge in [-0.25, -0.2) is 0 Å². The van der Waals surface area contributed by atoms with Crippen molar-refractivity contribution in [1.29, 1.82) is 0 Å². The van der Waals surface area contributed by atoms with Crippen LogP contribution in [0.2, 0.25) is 0 Å². The van der Waals surface area contributed by atoms with E-state index in [9.17, 15) is 5.11 Å². The average molecular weight is 284 g/mol. The lowest BCUT2D eigenvalue weighted by Crippen LogP contribution is -2.37. The number of hydrogen-bond acceptors (Lipinski definition) is 9.